The molecule has 112 valence electrons. The van der Waals surface area contributed by atoms with Crippen LogP contribution in [-0.2, 0) is 11.4 Å². The molecule has 1 aliphatic rings. The number of morpholine rings is 1. The van der Waals surface area contributed by atoms with Crippen molar-refractivity contribution < 1.29 is 9.64 Å². The highest BCUT2D eigenvalue weighted by molar-refractivity contribution is 7.71. The first kappa shape index (κ1) is 14.4. The van der Waals surface area contributed by atoms with Crippen molar-refractivity contribution in [2.45, 2.75) is 20.5 Å². The summed E-state index contributed by atoms with van der Waals surface area (Å²) < 4.78 is 9.57. The lowest BCUT2D eigenvalue weighted by molar-refractivity contribution is -0.931. The molecule has 0 radical (unpaired) electrons. The minimum Gasteiger partial charge on any atom is -0.370 e. The van der Waals surface area contributed by atoms with Gasteiger partial charge < -0.3 is 9.64 Å². The van der Waals surface area contributed by atoms with Crippen molar-refractivity contribution in [3.63, 3.8) is 0 Å². The lowest BCUT2D eigenvalue weighted by Gasteiger charge is -2.22. The van der Waals surface area contributed by atoms with Crippen LogP contribution in [0.1, 0.15) is 11.1 Å². The quantitative estimate of drug-likeness (QED) is 0.828. The van der Waals surface area contributed by atoms with Crippen LogP contribution in [0.25, 0.3) is 5.69 Å². The SMILES string of the molecule is Cc1ccc(C)c(-n2nnn(C[NH+]3CCOCC3)c2=S)c1. The van der Waals surface area contributed by atoms with Gasteiger partial charge in [0.05, 0.1) is 18.9 Å². The van der Waals surface area contributed by atoms with Crippen LogP contribution in [0.3, 0.4) is 0 Å². The largest absolute Gasteiger partial charge is 0.370 e. The number of aromatic nitrogens is 4. The van der Waals surface area contributed by atoms with Gasteiger partial charge in [0.25, 0.3) is 0 Å². The first-order chi connectivity index (χ1) is 10.1. The number of benzene rings is 1. The Morgan fingerprint density at radius 3 is 2.76 bits per heavy atom. The normalized spacial score (nSPS) is 16.3. The van der Waals surface area contributed by atoms with E-state index in [4.69, 9.17) is 17.0 Å². The van der Waals surface area contributed by atoms with Crippen LogP contribution in [0.15, 0.2) is 18.2 Å². The maximum Gasteiger partial charge on any atom is 0.225 e. The van der Waals surface area contributed by atoms with Gasteiger partial charge >= 0.3 is 0 Å². The Morgan fingerprint density at radius 2 is 2.00 bits per heavy atom. The number of tetrazole rings is 1. The zero-order valence-electron chi connectivity index (χ0n) is 12.4. The van der Waals surface area contributed by atoms with Crippen LogP contribution in [0.4, 0.5) is 0 Å². The minimum absolute atomic E-state index is 0.641. The number of quaternary nitrogens is 1. The molecule has 0 spiro atoms. The third-order valence-electron chi connectivity index (χ3n) is 3.81. The molecule has 0 atom stereocenters. The predicted molar refractivity (Wildman–Crippen MR) is 81.2 cm³/mol. The van der Waals surface area contributed by atoms with Crippen molar-refractivity contribution in [3.8, 4) is 5.69 Å². The van der Waals surface area contributed by atoms with Crippen molar-refractivity contribution >= 4 is 12.2 Å². The number of nitrogens with one attached hydrogen (secondary N) is 1. The van der Waals surface area contributed by atoms with E-state index in [9.17, 15) is 0 Å². The number of hydrogen-bond acceptors (Lipinski definition) is 4. The van der Waals surface area contributed by atoms with Crippen LogP contribution < -0.4 is 4.90 Å². The number of hydrogen-bond donors (Lipinski definition) is 1. The molecule has 6 nitrogen and oxygen atoms in total. The molecule has 0 unspecified atom stereocenters. The van der Waals surface area contributed by atoms with Crippen molar-refractivity contribution in [1.82, 2.24) is 19.8 Å². The summed E-state index contributed by atoms with van der Waals surface area (Å²) in [5, 5.41) is 8.46. The summed E-state index contributed by atoms with van der Waals surface area (Å²) in [6.07, 6.45) is 0. The molecule has 1 aromatic carbocycles. The topological polar surface area (TPSA) is 49.3 Å². The molecule has 0 aliphatic carbocycles. The van der Waals surface area contributed by atoms with Crippen molar-refractivity contribution in [2.75, 3.05) is 26.3 Å². The Hall–Kier alpha value is -1.57. The second-order valence-corrected chi connectivity index (χ2v) is 5.85. The molecule has 21 heavy (non-hydrogen) atoms. The second kappa shape index (κ2) is 6.05. The van der Waals surface area contributed by atoms with Gasteiger partial charge in [-0.05, 0) is 53.7 Å². The second-order valence-electron chi connectivity index (χ2n) is 5.48. The van der Waals surface area contributed by atoms with Crippen LogP contribution >= 0.6 is 12.2 Å². The first-order valence-electron chi connectivity index (χ1n) is 7.17. The molecule has 1 N–H and O–H groups in total. The van der Waals surface area contributed by atoms with Crippen LogP contribution in [0.5, 0.6) is 0 Å². The van der Waals surface area contributed by atoms with Gasteiger partial charge in [-0.25, -0.2) is 0 Å². The zero-order chi connectivity index (χ0) is 14.8. The smallest absolute Gasteiger partial charge is 0.225 e. The van der Waals surface area contributed by atoms with E-state index in [0.29, 0.717) is 4.77 Å². The van der Waals surface area contributed by atoms with E-state index in [2.05, 4.69) is 42.5 Å². The third kappa shape index (κ3) is 3.04. The van der Waals surface area contributed by atoms with Gasteiger partial charge in [0.2, 0.25) is 4.77 Å². The number of aryl methyl sites for hydroxylation is 2. The van der Waals surface area contributed by atoms with Crippen molar-refractivity contribution in [1.29, 1.82) is 0 Å². The number of nitrogens with zero attached hydrogens (tertiary/aromatic N) is 4. The van der Waals surface area contributed by atoms with Gasteiger partial charge in [0.15, 0.2) is 6.67 Å². The monoisotopic (exact) mass is 306 g/mol. The van der Waals surface area contributed by atoms with Crippen LogP contribution in [-0.4, -0.2) is 46.1 Å². The van der Waals surface area contributed by atoms with Gasteiger partial charge in [-0.1, -0.05) is 12.1 Å². The van der Waals surface area contributed by atoms with E-state index >= 15 is 0 Å². The summed E-state index contributed by atoms with van der Waals surface area (Å²) >= 11 is 5.54. The highest BCUT2D eigenvalue weighted by Crippen LogP contribution is 2.14. The lowest BCUT2D eigenvalue weighted by Crippen LogP contribution is -3.13. The summed E-state index contributed by atoms with van der Waals surface area (Å²) in [6.45, 7) is 8.43. The van der Waals surface area contributed by atoms with E-state index in [1.807, 2.05) is 0 Å². The fourth-order valence-electron chi connectivity index (χ4n) is 2.50. The highest BCUT2D eigenvalue weighted by Gasteiger charge is 2.17. The van der Waals surface area contributed by atoms with Gasteiger partial charge in [-0.3, -0.25) is 0 Å². The Morgan fingerprint density at radius 1 is 1.24 bits per heavy atom. The van der Waals surface area contributed by atoms with Gasteiger partial charge in [-0.15, -0.1) is 0 Å². The zero-order valence-corrected chi connectivity index (χ0v) is 13.2. The summed E-state index contributed by atoms with van der Waals surface area (Å²) in [7, 11) is 0. The molecule has 0 amide bonds. The van der Waals surface area contributed by atoms with Crippen molar-refractivity contribution in [2.24, 2.45) is 0 Å². The summed E-state index contributed by atoms with van der Waals surface area (Å²) in [5.74, 6) is 0. The Balaban J connectivity index is 1.88. The van der Waals surface area contributed by atoms with Crippen molar-refractivity contribution in [3.05, 3.63) is 34.1 Å². The van der Waals surface area contributed by atoms with Gasteiger partial charge in [-0.2, -0.15) is 9.36 Å². The molecular weight excluding hydrogens is 286 g/mol. The fourth-order valence-corrected chi connectivity index (χ4v) is 2.74. The van der Waals surface area contributed by atoms with E-state index in [0.717, 1.165) is 44.2 Å². The van der Waals surface area contributed by atoms with Crippen LogP contribution in [0, 0.1) is 18.6 Å². The molecule has 0 saturated carbocycles. The molecular formula is C14H20N5OS+. The average Bonchev–Trinajstić information content (AvgIpc) is 2.84. The minimum atomic E-state index is 0.641. The molecule has 2 heterocycles. The summed E-state index contributed by atoms with van der Waals surface area (Å²) in [6, 6.07) is 6.26. The molecule has 2 aromatic rings. The van der Waals surface area contributed by atoms with E-state index < -0.39 is 0 Å². The molecule has 3 rings (SSSR count). The molecule has 0 bridgehead atoms. The maximum absolute atomic E-state index is 5.54. The third-order valence-corrected chi connectivity index (χ3v) is 4.19. The van der Waals surface area contributed by atoms with E-state index in [-0.39, 0.29) is 0 Å². The standard InChI is InChI=1S/C14H19N5OS/c1-11-3-4-12(2)13(9-11)19-14(21)18(15-16-19)10-17-5-7-20-8-6-17/h3-4,9H,5-8,10H2,1-2H3/p+1. The predicted octanol–water partition coefficient (Wildman–Crippen LogP) is 0.288. The molecule has 7 heteroatoms. The fraction of sp³-hybridized carbons (Fsp3) is 0.500. The van der Waals surface area contributed by atoms with Gasteiger partial charge in [0.1, 0.15) is 13.1 Å². The number of rotatable bonds is 3. The number of ether oxygens (including phenoxy) is 1. The lowest BCUT2D eigenvalue weighted by atomic mass is 10.1. The molecule has 1 fully saturated rings. The molecule has 1 saturated heterocycles. The Bertz CT molecular complexity index is 687. The van der Waals surface area contributed by atoms with Gasteiger partial charge in [0, 0.05) is 0 Å². The highest BCUT2D eigenvalue weighted by atomic mass is 32.1. The molecule has 1 aliphatic heterocycles. The van der Waals surface area contributed by atoms with E-state index in [1.54, 1.807) is 9.36 Å². The van der Waals surface area contributed by atoms with E-state index in [1.165, 1.54) is 10.5 Å². The first-order valence-corrected chi connectivity index (χ1v) is 7.58. The van der Waals surface area contributed by atoms with Crippen LogP contribution in [0.2, 0.25) is 0 Å². The Kier molecular flexibility index (Phi) is 4.14. The molecule has 1 aromatic heterocycles. The summed E-state index contributed by atoms with van der Waals surface area (Å²) in [4.78, 5) is 1.42. The Labute approximate surface area is 128 Å². The average molecular weight is 306 g/mol. The maximum atomic E-state index is 5.54. The summed E-state index contributed by atoms with van der Waals surface area (Å²) in [5.41, 5.74) is 3.33.